The van der Waals surface area contributed by atoms with E-state index < -0.39 is 46.0 Å². The monoisotopic (exact) mass is 742 g/mol. The van der Waals surface area contributed by atoms with Gasteiger partial charge in [-0.25, -0.2) is 8.42 Å². The molecule has 0 bridgehead atoms. The van der Waals surface area contributed by atoms with Gasteiger partial charge in [-0.3, -0.25) is 4.79 Å². The Balaban J connectivity index is 1.23. The number of aliphatic hydroxyl groups excluding tert-OH is 1. The molecule has 3 fully saturated rings. The molecule has 3 aliphatic heterocycles. The molecule has 14 heteroatoms. The van der Waals surface area contributed by atoms with Crippen molar-refractivity contribution in [3.63, 3.8) is 0 Å². The number of rotatable bonds is 17. The molecular formula is C38H52N3O10S-. The molecule has 0 spiro atoms. The zero-order valence-electron chi connectivity index (χ0n) is 30.1. The van der Waals surface area contributed by atoms with E-state index in [9.17, 15) is 28.2 Å². The fourth-order valence-corrected chi connectivity index (χ4v) is 9.78. The zero-order chi connectivity index (χ0) is 36.9. The fraction of sp³-hybridized carbons (Fsp3) is 0.632. The van der Waals surface area contributed by atoms with Crippen molar-refractivity contribution >= 4 is 22.0 Å². The molecule has 2 aromatic carbocycles. The van der Waals surface area contributed by atoms with Gasteiger partial charge in [0.1, 0.15) is 6.09 Å². The van der Waals surface area contributed by atoms with E-state index in [2.05, 4.69) is 5.32 Å². The molecule has 13 nitrogen and oxygen atoms in total. The maximum absolute atomic E-state index is 14.5. The molecule has 3 heterocycles. The first kappa shape index (κ1) is 38.3. The summed E-state index contributed by atoms with van der Waals surface area (Å²) >= 11 is 0. The minimum absolute atomic E-state index is 0.0204. The predicted molar refractivity (Wildman–Crippen MR) is 189 cm³/mol. The van der Waals surface area contributed by atoms with Crippen LogP contribution < -0.4 is 19.9 Å². The molecule has 286 valence electrons. The number of aliphatic hydroxyl groups is 1. The number of carboxylic acid groups (broad SMARTS) is 1. The molecule has 2 amide bonds. The molecule has 5 atom stereocenters. The van der Waals surface area contributed by atoms with Gasteiger partial charge in [0.2, 0.25) is 22.7 Å². The van der Waals surface area contributed by atoms with Crippen LogP contribution in [0, 0.1) is 17.3 Å². The van der Waals surface area contributed by atoms with Crippen LogP contribution in [0.2, 0.25) is 0 Å². The lowest BCUT2D eigenvalue weighted by atomic mass is 9.87. The van der Waals surface area contributed by atoms with Crippen molar-refractivity contribution in [3.05, 3.63) is 54.1 Å². The smallest absolute Gasteiger partial charge is 0.243 e. The lowest BCUT2D eigenvalue weighted by Gasteiger charge is -2.43. The summed E-state index contributed by atoms with van der Waals surface area (Å²) in [5.74, 6) is 0.721. The van der Waals surface area contributed by atoms with Crippen LogP contribution in [-0.2, 0) is 30.7 Å². The predicted octanol–water partition coefficient (Wildman–Crippen LogP) is 3.29. The van der Waals surface area contributed by atoms with Crippen molar-refractivity contribution in [2.75, 3.05) is 39.6 Å². The highest BCUT2D eigenvalue weighted by molar-refractivity contribution is 7.89. The number of carbonyl (C=O) groups excluding carboxylic acids is 2. The molecule has 52 heavy (non-hydrogen) atoms. The maximum Gasteiger partial charge on any atom is 0.243 e. The Morgan fingerprint density at radius 2 is 1.77 bits per heavy atom. The van der Waals surface area contributed by atoms with Gasteiger partial charge >= 0.3 is 0 Å². The summed E-state index contributed by atoms with van der Waals surface area (Å²) in [5, 5.41) is 28.1. The van der Waals surface area contributed by atoms with Crippen molar-refractivity contribution in [1.29, 1.82) is 0 Å². The summed E-state index contributed by atoms with van der Waals surface area (Å²) in [6, 6.07) is 11.9. The largest absolute Gasteiger partial charge is 0.530 e. The number of carbonyl (C=O) groups is 2. The number of ether oxygens (including phenoxy) is 4. The van der Waals surface area contributed by atoms with Crippen molar-refractivity contribution in [2.24, 2.45) is 17.3 Å². The third kappa shape index (κ3) is 9.02. The van der Waals surface area contributed by atoms with Gasteiger partial charge in [0.25, 0.3) is 0 Å². The number of fused-ring (bicyclic) bond motifs is 2. The second-order valence-electron chi connectivity index (χ2n) is 15.3. The van der Waals surface area contributed by atoms with Crippen LogP contribution in [0.15, 0.2) is 53.4 Å². The highest BCUT2D eigenvalue weighted by Crippen LogP contribution is 2.38. The summed E-state index contributed by atoms with van der Waals surface area (Å²) < 4.78 is 52.6. The molecule has 0 unspecified atom stereocenters. The highest BCUT2D eigenvalue weighted by Gasteiger charge is 2.47. The first-order chi connectivity index (χ1) is 24.9. The van der Waals surface area contributed by atoms with Crippen molar-refractivity contribution in [2.45, 2.75) is 101 Å². The van der Waals surface area contributed by atoms with E-state index in [-0.39, 0.29) is 55.5 Å². The van der Waals surface area contributed by atoms with Gasteiger partial charge in [-0.15, -0.1) is 0 Å². The average Bonchev–Trinajstić information content (AvgIpc) is 3.94. The molecule has 2 aromatic rings. The van der Waals surface area contributed by atoms with Crippen LogP contribution in [0.4, 0.5) is 4.79 Å². The second-order valence-corrected chi connectivity index (χ2v) is 17.2. The van der Waals surface area contributed by atoms with Gasteiger partial charge in [-0.05, 0) is 61.6 Å². The SMILES string of the molecule is CC(C)(CCCCNC(=O)C1CCCC1)CN(C[C@@H](O)[C@H](Cc1ccccc1)N(C(=O)[O-])[C@H]1CO[C@H]2OCC[C@H]21)S(=O)(=O)c1ccc2c(c1)OCO2. The van der Waals surface area contributed by atoms with Crippen molar-refractivity contribution < 1.29 is 47.2 Å². The Labute approximate surface area is 306 Å². The van der Waals surface area contributed by atoms with E-state index in [4.69, 9.17) is 18.9 Å². The average molecular weight is 743 g/mol. The van der Waals surface area contributed by atoms with E-state index in [0.717, 1.165) is 49.0 Å². The van der Waals surface area contributed by atoms with Gasteiger partial charge in [0.05, 0.1) is 36.3 Å². The summed E-state index contributed by atoms with van der Waals surface area (Å²) in [6.45, 7) is 4.67. The number of benzene rings is 2. The molecule has 2 N–H and O–H groups in total. The van der Waals surface area contributed by atoms with Gasteiger partial charge < -0.3 is 44.2 Å². The van der Waals surface area contributed by atoms with Crippen LogP contribution in [0.25, 0.3) is 0 Å². The molecular weight excluding hydrogens is 690 g/mol. The molecule has 0 aromatic heterocycles. The van der Waals surface area contributed by atoms with Gasteiger partial charge in [-0.1, -0.05) is 63.4 Å². The van der Waals surface area contributed by atoms with Gasteiger partial charge in [-0.2, -0.15) is 4.31 Å². The van der Waals surface area contributed by atoms with Crippen molar-refractivity contribution in [3.8, 4) is 11.5 Å². The van der Waals surface area contributed by atoms with Gasteiger partial charge in [0, 0.05) is 37.5 Å². The molecule has 4 aliphatic rings. The highest BCUT2D eigenvalue weighted by atomic mass is 32.2. The number of nitrogens with zero attached hydrogens (tertiary/aromatic N) is 2. The third-order valence-electron chi connectivity index (χ3n) is 10.9. The summed E-state index contributed by atoms with van der Waals surface area (Å²) in [5.41, 5.74) is 0.233. The quantitative estimate of drug-likeness (QED) is 0.230. The van der Waals surface area contributed by atoms with E-state index in [1.54, 1.807) is 6.07 Å². The topological polar surface area (TPSA) is 167 Å². The molecule has 2 saturated heterocycles. The first-order valence-electron chi connectivity index (χ1n) is 18.5. The second kappa shape index (κ2) is 16.7. The van der Waals surface area contributed by atoms with Crippen LogP contribution in [0.1, 0.15) is 70.8 Å². The third-order valence-corrected chi connectivity index (χ3v) is 12.8. The minimum Gasteiger partial charge on any atom is -0.530 e. The Morgan fingerprint density at radius 1 is 1.02 bits per heavy atom. The minimum atomic E-state index is -4.24. The van der Waals surface area contributed by atoms with E-state index in [1.807, 2.05) is 44.2 Å². The normalized spacial score (nSPS) is 22.7. The van der Waals surface area contributed by atoms with Crippen LogP contribution >= 0.6 is 0 Å². The van der Waals surface area contributed by atoms with Crippen LogP contribution in [0.5, 0.6) is 11.5 Å². The Hall–Kier alpha value is -3.43. The Bertz CT molecular complexity index is 1630. The molecule has 1 aliphatic carbocycles. The summed E-state index contributed by atoms with van der Waals surface area (Å²) in [6.07, 6.45) is 3.48. The Kier molecular flexibility index (Phi) is 12.3. The number of amides is 2. The number of hydrogen-bond donors (Lipinski definition) is 2. The van der Waals surface area contributed by atoms with Crippen molar-refractivity contribution in [1.82, 2.24) is 14.5 Å². The van der Waals surface area contributed by atoms with E-state index in [1.165, 1.54) is 16.4 Å². The fourth-order valence-electron chi connectivity index (χ4n) is 8.11. The first-order valence-corrected chi connectivity index (χ1v) is 20.0. The van der Waals surface area contributed by atoms with Crippen LogP contribution in [-0.4, -0.2) is 98.8 Å². The van der Waals surface area contributed by atoms with E-state index >= 15 is 0 Å². The summed E-state index contributed by atoms with van der Waals surface area (Å²) in [4.78, 5) is 26.6. The van der Waals surface area contributed by atoms with Gasteiger partial charge in [0.15, 0.2) is 17.8 Å². The lowest BCUT2D eigenvalue weighted by molar-refractivity contribution is -0.273. The molecule has 0 radical (unpaired) electrons. The molecule has 1 saturated carbocycles. The number of nitrogens with one attached hydrogen (secondary N) is 1. The van der Waals surface area contributed by atoms with E-state index in [0.29, 0.717) is 37.5 Å². The Morgan fingerprint density at radius 3 is 2.52 bits per heavy atom. The zero-order valence-corrected chi connectivity index (χ0v) is 30.9. The molecule has 6 rings (SSSR count). The standard InChI is InChI=1S/C38H53N3O10S/c1-38(2,17-8-9-18-39-35(43)27-12-6-7-13-27)24-40(52(46,47)28-14-15-33-34(21-28)51-25-50-33)22-32(42)30(20-26-10-4-3-5-11-26)41(37(44)45)31-23-49-36-29(31)16-19-48-36/h3-5,10-11,14-15,21,27,29-32,36,42H,6-9,12-13,16-20,22-25H2,1-2H3,(H,39,43)(H,44,45)/p-1/t29-,30-,31-,32+,36+/m0/s1. The lowest BCUT2D eigenvalue weighted by Crippen LogP contribution is -2.61. The maximum atomic E-state index is 14.5. The number of hydrogen-bond acceptors (Lipinski definition) is 10. The summed E-state index contributed by atoms with van der Waals surface area (Å²) in [7, 11) is -4.24. The number of unbranched alkanes of at least 4 members (excludes halogenated alkanes) is 1. The van der Waals surface area contributed by atoms with Crippen LogP contribution in [0.3, 0.4) is 0 Å². The number of sulfonamides is 1.